The fraction of sp³-hybridized carbons (Fsp3) is 0.615. The van der Waals surface area contributed by atoms with Crippen molar-refractivity contribution in [2.75, 3.05) is 31.1 Å². The lowest BCUT2D eigenvalue weighted by Gasteiger charge is -2.35. The van der Waals surface area contributed by atoms with Gasteiger partial charge in [-0.3, -0.25) is 0 Å². The molecule has 1 aromatic rings. The second-order valence-corrected chi connectivity index (χ2v) is 5.41. The van der Waals surface area contributed by atoms with E-state index in [-0.39, 0.29) is 5.92 Å². The molecule has 0 bridgehead atoms. The Labute approximate surface area is 116 Å². The molecule has 0 radical (unpaired) electrons. The van der Waals surface area contributed by atoms with Gasteiger partial charge in [0.2, 0.25) is 0 Å². The van der Waals surface area contributed by atoms with E-state index in [4.69, 9.17) is 5.11 Å². The van der Waals surface area contributed by atoms with Gasteiger partial charge in [0.05, 0.1) is 11.8 Å². The van der Waals surface area contributed by atoms with E-state index in [1.165, 1.54) is 11.2 Å². The van der Waals surface area contributed by atoms with Gasteiger partial charge in [-0.05, 0) is 12.3 Å². The van der Waals surface area contributed by atoms with Crippen LogP contribution in [0.15, 0.2) is 6.33 Å². The van der Waals surface area contributed by atoms with Crippen LogP contribution in [-0.4, -0.2) is 57.4 Å². The van der Waals surface area contributed by atoms with Crippen LogP contribution >= 0.6 is 0 Å². The Balaban J connectivity index is 1.84. The number of fused-ring (bicyclic) bond motifs is 1. The number of rotatable bonds is 1. The molecule has 0 aromatic carbocycles. The lowest BCUT2D eigenvalue weighted by molar-refractivity contribution is 0.142. The molecule has 2 N–H and O–H groups in total. The minimum absolute atomic E-state index is 0.230. The largest absolute Gasteiger partial charge is 0.465 e. The molecule has 7 nitrogen and oxygen atoms in total. The summed E-state index contributed by atoms with van der Waals surface area (Å²) >= 11 is 0. The maximum Gasteiger partial charge on any atom is 0.407 e. The fourth-order valence-electron chi connectivity index (χ4n) is 3.06. The maximum absolute atomic E-state index is 10.9. The highest BCUT2D eigenvalue weighted by Gasteiger charge is 2.33. The van der Waals surface area contributed by atoms with E-state index in [0.29, 0.717) is 32.6 Å². The number of nitrogens with zero attached hydrogens (tertiary/aromatic N) is 4. The molecule has 1 unspecified atom stereocenters. The summed E-state index contributed by atoms with van der Waals surface area (Å²) in [5.74, 6) is 1.08. The molecule has 0 saturated carbocycles. The Morgan fingerprint density at radius 1 is 1.30 bits per heavy atom. The third-order valence-electron chi connectivity index (χ3n) is 4.13. The number of aliphatic hydroxyl groups excluding tert-OH is 1. The van der Waals surface area contributed by atoms with Crippen molar-refractivity contribution in [2.45, 2.75) is 25.4 Å². The molecule has 20 heavy (non-hydrogen) atoms. The first-order valence-electron chi connectivity index (χ1n) is 6.83. The molecular formula is C13H18N4O3. The zero-order valence-electron chi connectivity index (χ0n) is 11.4. The van der Waals surface area contributed by atoms with Crippen molar-refractivity contribution in [3.63, 3.8) is 0 Å². The van der Waals surface area contributed by atoms with Gasteiger partial charge in [-0.1, -0.05) is 6.92 Å². The molecule has 7 heteroatoms. The Bertz CT molecular complexity index is 528. The smallest absolute Gasteiger partial charge is 0.407 e. The average Bonchev–Trinajstić information content (AvgIpc) is 2.74. The van der Waals surface area contributed by atoms with E-state index >= 15 is 0 Å². The predicted molar refractivity (Wildman–Crippen MR) is 71.8 cm³/mol. The van der Waals surface area contributed by atoms with Gasteiger partial charge in [-0.15, -0.1) is 0 Å². The second-order valence-electron chi connectivity index (χ2n) is 5.41. The van der Waals surface area contributed by atoms with Gasteiger partial charge in [0.1, 0.15) is 12.1 Å². The summed E-state index contributed by atoms with van der Waals surface area (Å²) < 4.78 is 0. The molecule has 2 heterocycles. The quantitative estimate of drug-likeness (QED) is 0.790. The monoisotopic (exact) mass is 278 g/mol. The van der Waals surface area contributed by atoms with Gasteiger partial charge < -0.3 is 20.0 Å². The van der Waals surface area contributed by atoms with Crippen molar-refractivity contribution in [3.05, 3.63) is 17.6 Å². The number of carboxylic acid groups (broad SMARTS) is 1. The highest BCUT2D eigenvalue weighted by atomic mass is 16.4. The molecule has 1 aliphatic heterocycles. The number of aliphatic hydroxyl groups is 1. The lowest BCUT2D eigenvalue weighted by Crippen LogP contribution is -2.48. The molecule has 0 spiro atoms. The van der Waals surface area contributed by atoms with Gasteiger partial charge >= 0.3 is 6.09 Å². The first-order valence-corrected chi connectivity index (χ1v) is 6.83. The minimum atomic E-state index is -0.874. The number of carbonyl (C=O) groups is 1. The maximum atomic E-state index is 10.9. The highest BCUT2D eigenvalue weighted by molar-refractivity contribution is 5.65. The summed E-state index contributed by atoms with van der Waals surface area (Å²) in [5.41, 5.74) is 1.74. The van der Waals surface area contributed by atoms with Crippen LogP contribution in [0.4, 0.5) is 10.6 Å². The molecule has 1 saturated heterocycles. The van der Waals surface area contributed by atoms with Crippen molar-refractivity contribution >= 4 is 11.9 Å². The molecular weight excluding hydrogens is 260 g/mol. The van der Waals surface area contributed by atoms with Crippen molar-refractivity contribution < 1.29 is 15.0 Å². The molecule has 2 aliphatic rings. The van der Waals surface area contributed by atoms with Gasteiger partial charge in [0.15, 0.2) is 0 Å². The molecule has 108 valence electrons. The molecule has 1 aromatic heterocycles. The highest BCUT2D eigenvalue weighted by Crippen LogP contribution is 2.42. The molecule has 3 rings (SSSR count). The van der Waals surface area contributed by atoms with E-state index < -0.39 is 12.2 Å². The minimum Gasteiger partial charge on any atom is -0.465 e. The van der Waals surface area contributed by atoms with Crippen LogP contribution in [0.25, 0.3) is 0 Å². The first-order chi connectivity index (χ1) is 9.58. The average molecular weight is 278 g/mol. The van der Waals surface area contributed by atoms with Gasteiger partial charge in [0.25, 0.3) is 0 Å². The summed E-state index contributed by atoms with van der Waals surface area (Å²) in [6.45, 7) is 4.27. The van der Waals surface area contributed by atoms with E-state index in [1.54, 1.807) is 0 Å². The van der Waals surface area contributed by atoms with E-state index in [1.807, 2.05) is 0 Å². The predicted octanol–water partition coefficient (Wildman–Crippen LogP) is 0.817. The fourth-order valence-corrected chi connectivity index (χ4v) is 3.06. The summed E-state index contributed by atoms with van der Waals surface area (Å²) in [5, 5.41) is 19.0. The van der Waals surface area contributed by atoms with Crippen LogP contribution in [0.3, 0.4) is 0 Å². The molecule has 1 fully saturated rings. The van der Waals surface area contributed by atoms with Gasteiger partial charge in [0, 0.05) is 31.7 Å². The van der Waals surface area contributed by atoms with Gasteiger partial charge in [-0.25, -0.2) is 14.8 Å². The Hall–Kier alpha value is -1.89. The number of piperazine rings is 1. The normalized spacial score (nSPS) is 25.7. The van der Waals surface area contributed by atoms with E-state index in [9.17, 15) is 9.90 Å². The molecule has 1 aliphatic carbocycles. The Kier molecular flexibility index (Phi) is 3.21. The SMILES string of the molecule is CC1C[C@@H](O)c2ncnc(N3CCN(C(=O)O)CC3)c21. The number of aromatic nitrogens is 2. The first kappa shape index (κ1) is 13.1. The van der Waals surface area contributed by atoms with Crippen molar-refractivity contribution in [3.8, 4) is 0 Å². The molecule has 1 amide bonds. The van der Waals surface area contributed by atoms with Crippen molar-refractivity contribution in [2.24, 2.45) is 0 Å². The number of hydrogen-bond donors (Lipinski definition) is 2. The third-order valence-corrected chi connectivity index (χ3v) is 4.13. The third kappa shape index (κ3) is 2.07. The van der Waals surface area contributed by atoms with Crippen LogP contribution < -0.4 is 4.90 Å². The van der Waals surface area contributed by atoms with Crippen molar-refractivity contribution in [1.29, 1.82) is 0 Å². The Morgan fingerprint density at radius 3 is 2.65 bits per heavy atom. The van der Waals surface area contributed by atoms with Crippen LogP contribution in [-0.2, 0) is 0 Å². The second kappa shape index (κ2) is 4.90. The molecule has 2 atom stereocenters. The summed E-state index contributed by atoms with van der Waals surface area (Å²) in [6, 6.07) is 0. The van der Waals surface area contributed by atoms with Crippen LogP contribution in [0.2, 0.25) is 0 Å². The zero-order chi connectivity index (χ0) is 14.3. The number of anilines is 1. The summed E-state index contributed by atoms with van der Waals surface area (Å²) in [7, 11) is 0. The van der Waals surface area contributed by atoms with E-state index in [2.05, 4.69) is 21.8 Å². The topological polar surface area (TPSA) is 89.8 Å². The number of hydrogen-bond acceptors (Lipinski definition) is 5. The van der Waals surface area contributed by atoms with Crippen molar-refractivity contribution in [1.82, 2.24) is 14.9 Å². The zero-order valence-corrected chi connectivity index (χ0v) is 11.4. The standard InChI is InChI=1S/C13H18N4O3/c1-8-6-9(18)11-10(8)12(15-7-14-11)16-2-4-17(5-3-16)13(19)20/h7-9,18H,2-6H2,1H3,(H,19,20)/t8?,9-/m1/s1. The van der Waals surface area contributed by atoms with E-state index in [0.717, 1.165) is 17.1 Å². The van der Waals surface area contributed by atoms with Gasteiger partial charge in [-0.2, -0.15) is 0 Å². The van der Waals surface area contributed by atoms with Crippen LogP contribution in [0, 0.1) is 0 Å². The summed E-state index contributed by atoms with van der Waals surface area (Å²) in [4.78, 5) is 23.0. The lowest BCUT2D eigenvalue weighted by atomic mass is 10.1. The van der Waals surface area contributed by atoms with Crippen LogP contribution in [0.1, 0.15) is 36.6 Å². The Morgan fingerprint density at radius 2 is 2.00 bits per heavy atom. The number of amides is 1. The summed E-state index contributed by atoms with van der Waals surface area (Å²) in [6.07, 6.45) is 0.776. The van der Waals surface area contributed by atoms with Crippen LogP contribution in [0.5, 0.6) is 0 Å².